The highest BCUT2D eigenvalue weighted by molar-refractivity contribution is 5.19. The molecule has 1 aliphatic rings. The zero-order valence-corrected chi connectivity index (χ0v) is 12.6. The highest BCUT2D eigenvalue weighted by Gasteiger charge is 2.26. The Labute approximate surface area is 116 Å². The van der Waals surface area contributed by atoms with Gasteiger partial charge in [-0.2, -0.15) is 0 Å². The van der Waals surface area contributed by atoms with E-state index in [1.165, 1.54) is 25.7 Å². The molecule has 0 spiro atoms. The van der Waals surface area contributed by atoms with Crippen molar-refractivity contribution in [2.45, 2.75) is 65.4 Å². The van der Waals surface area contributed by atoms with E-state index in [0.29, 0.717) is 5.92 Å². The van der Waals surface area contributed by atoms with E-state index in [2.05, 4.69) is 23.8 Å². The van der Waals surface area contributed by atoms with Gasteiger partial charge in [0.2, 0.25) is 0 Å². The van der Waals surface area contributed by atoms with Crippen molar-refractivity contribution in [1.82, 2.24) is 9.97 Å². The van der Waals surface area contributed by atoms with Crippen molar-refractivity contribution in [3.05, 3.63) is 23.3 Å². The largest absolute Gasteiger partial charge is 0.389 e. The van der Waals surface area contributed by atoms with Crippen LogP contribution in [0.4, 0.5) is 0 Å². The molecule has 1 fully saturated rings. The molecule has 3 nitrogen and oxygen atoms in total. The number of hydrogen-bond donors (Lipinski definition) is 1. The molecule has 0 aliphatic heterocycles. The molecule has 0 bridgehead atoms. The van der Waals surface area contributed by atoms with Gasteiger partial charge in [-0.05, 0) is 51.4 Å². The summed E-state index contributed by atoms with van der Waals surface area (Å²) in [6.45, 7) is 8.37. The Morgan fingerprint density at radius 2 is 1.79 bits per heavy atom. The Bertz CT molecular complexity index is 421. The van der Waals surface area contributed by atoms with Gasteiger partial charge < -0.3 is 5.11 Å². The van der Waals surface area contributed by atoms with Gasteiger partial charge >= 0.3 is 0 Å². The predicted octanol–water partition coefficient (Wildman–Crippen LogP) is 3.77. The molecule has 1 atom stereocenters. The number of aliphatic hydroxyl groups excluding tert-OH is 1. The zero-order chi connectivity index (χ0) is 14.0. The fourth-order valence-corrected chi connectivity index (χ4v) is 3.15. The second-order valence-corrected chi connectivity index (χ2v) is 6.30. The van der Waals surface area contributed by atoms with E-state index in [1.54, 1.807) is 13.1 Å². The van der Waals surface area contributed by atoms with Gasteiger partial charge in [-0.3, -0.25) is 0 Å². The van der Waals surface area contributed by atoms with Gasteiger partial charge in [0.15, 0.2) is 0 Å². The third-order valence-electron chi connectivity index (χ3n) is 4.57. The fraction of sp³-hybridized carbons (Fsp3) is 0.750. The summed E-state index contributed by atoms with van der Waals surface area (Å²) < 4.78 is 0. The molecular weight excluding hydrogens is 236 g/mol. The molecule has 1 aliphatic carbocycles. The minimum absolute atomic E-state index is 0.481. The SMILES string of the molecule is Cc1nc(C2CCC(C(C)C)CC2)ncc1[C@@H](C)O. The Morgan fingerprint density at radius 1 is 1.16 bits per heavy atom. The topological polar surface area (TPSA) is 46.0 Å². The lowest BCUT2D eigenvalue weighted by atomic mass is 9.76. The van der Waals surface area contributed by atoms with E-state index in [-0.39, 0.29) is 0 Å². The maximum Gasteiger partial charge on any atom is 0.131 e. The van der Waals surface area contributed by atoms with Crippen molar-refractivity contribution in [1.29, 1.82) is 0 Å². The van der Waals surface area contributed by atoms with E-state index < -0.39 is 6.10 Å². The molecule has 0 radical (unpaired) electrons. The van der Waals surface area contributed by atoms with Crippen LogP contribution in [0.15, 0.2) is 6.20 Å². The number of aliphatic hydroxyl groups is 1. The minimum atomic E-state index is -0.481. The Morgan fingerprint density at radius 3 is 2.26 bits per heavy atom. The van der Waals surface area contributed by atoms with Crippen LogP contribution in [0, 0.1) is 18.8 Å². The molecule has 0 aromatic carbocycles. The lowest BCUT2D eigenvalue weighted by Gasteiger charge is -2.30. The molecule has 19 heavy (non-hydrogen) atoms. The first-order chi connectivity index (χ1) is 8.99. The number of aromatic nitrogens is 2. The molecule has 0 saturated heterocycles. The Balaban J connectivity index is 2.06. The van der Waals surface area contributed by atoms with E-state index >= 15 is 0 Å². The summed E-state index contributed by atoms with van der Waals surface area (Å²) in [7, 11) is 0. The van der Waals surface area contributed by atoms with Crippen molar-refractivity contribution >= 4 is 0 Å². The van der Waals surface area contributed by atoms with Gasteiger partial charge in [0.1, 0.15) is 5.82 Å². The summed E-state index contributed by atoms with van der Waals surface area (Å²) in [5, 5.41) is 9.62. The van der Waals surface area contributed by atoms with Crippen LogP contribution in [-0.4, -0.2) is 15.1 Å². The second kappa shape index (κ2) is 6.00. The quantitative estimate of drug-likeness (QED) is 0.902. The summed E-state index contributed by atoms with van der Waals surface area (Å²) in [5.74, 6) is 3.15. The van der Waals surface area contributed by atoms with E-state index in [9.17, 15) is 5.11 Å². The van der Waals surface area contributed by atoms with Crippen LogP contribution in [0.5, 0.6) is 0 Å². The highest BCUT2D eigenvalue weighted by Crippen LogP contribution is 2.37. The van der Waals surface area contributed by atoms with Crippen LogP contribution in [0.25, 0.3) is 0 Å². The maximum absolute atomic E-state index is 9.62. The first kappa shape index (κ1) is 14.4. The van der Waals surface area contributed by atoms with Gasteiger partial charge in [-0.25, -0.2) is 9.97 Å². The Hall–Kier alpha value is -0.960. The van der Waals surface area contributed by atoms with E-state index in [4.69, 9.17) is 0 Å². The van der Waals surface area contributed by atoms with Gasteiger partial charge in [-0.1, -0.05) is 13.8 Å². The summed E-state index contributed by atoms with van der Waals surface area (Å²) >= 11 is 0. The molecular formula is C16H26N2O. The van der Waals surface area contributed by atoms with Gasteiger partial charge in [0.25, 0.3) is 0 Å². The molecule has 1 aromatic rings. The Kier molecular flexibility index (Phi) is 4.56. The van der Waals surface area contributed by atoms with Crippen LogP contribution in [-0.2, 0) is 0 Å². The van der Waals surface area contributed by atoms with Crippen molar-refractivity contribution in [3.8, 4) is 0 Å². The molecule has 0 unspecified atom stereocenters. The molecule has 1 N–H and O–H groups in total. The lowest BCUT2D eigenvalue weighted by Crippen LogP contribution is -2.19. The first-order valence-electron chi connectivity index (χ1n) is 7.50. The molecule has 0 amide bonds. The maximum atomic E-state index is 9.62. The zero-order valence-electron chi connectivity index (χ0n) is 12.6. The van der Waals surface area contributed by atoms with E-state index in [1.807, 2.05) is 6.92 Å². The number of nitrogens with zero attached hydrogens (tertiary/aromatic N) is 2. The van der Waals surface area contributed by atoms with Crippen molar-refractivity contribution in [2.24, 2.45) is 11.8 Å². The molecule has 1 saturated carbocycles. The third kappa shape index (κ3) is 3.33. The van der Waals surface area contributed by atoms with Crippen LogP contribution >= 0.6 is 0 Å². The normalized spacial score (nSPS) is 25.6. The lowest BCUT2D eigenvalue weighted by molar-refractivity contribution is 0.197. The first-order valence-corrected chi connectivity index (χ1v) is 7.50. The number of hydrogen-bond acceptors (Lipinski definition) is 3. The summed E-state index contributed by atoms with van der Waals surface area (Å²) in [6.07, 6.45) is 6.32. The minimum Gasteiger partial charge on any atom is -0.389 e. The van der Waals surface area contributed by atoms with Gasteiger partial charge in [-0.15, -0.1) is 0 Å². The number of aryl methyl sites for hydroxylation is 1. The predicted molar refractivity (Wildman–Crippen MR) is 76.9 cm³/mol. The summed E-state index contributed by atoms with van der Waals surface area (Å²) in [6, 6.07) is 0. The van der Waals surface area contributed by atoms with Crippen LogP contribution in [0.1, 0.15) is 75.6 Å². The van der Waals surface area contributed by atoms with Gasteiger partial charge in [0, 0.05) is 23.4 Å². The highest BCUT2D eigenvalue weighted by atomic mass is 16.3. The average molecular weight is 262 g/mol. The van der Waals surface area contributed by atoms with Crippen molar-refractivity contribution < 1.29 is 5.11 Å². The molecule has 106 valence electrons. The molecule has 1 heterocycles. The van der Waals surface area contributed by atoms with Crippen LogP contribution in [0.3, 0.4) is 0 Å². The fourth-order valence-electron chi connectivity index (χ4n) is 3.15. The van der Waals surface area contributed by atoms with E-state index in [0.717, 1.165) is 28.9 Å². The second-order valence-electron chi connectivity index (χ2n) is 6.30. The van der Waals surface area contributed by atoms with Crippen molar-refractivity contribution in [2.75, 3.05) is 0 Å². The monoisotopic (exact) mass is 262 g/mol. The molecule has 3 heteroatoms. The third-order valence-corrected chi connectivity index (χ3v) is 4.57. The van der Waals surface area contributed by atoms with Gasteiger partial charge in [0.05, 0.1) is 6.10 Å². The summed E-state index contributed by atoms with van der Waals surface area (Å²) in [5.41, 5.74) is 1.77. The van der Waals surface area contributed by atoms with Crippen LogP contribution < -0.4 is 0 Å². The standard InChI is InChI=1S/C16H26N2O/c1-10(2)13-5-7-14(8-6-13)16-17-9-15(12(4)19)11(3)18-16/h9-10,12-14,19H,5-8H2,1-4H3/t12-,13?,14?/m1/s1. The number of rotatable bonds is 3. The average Bonchev–Trinajstić information content (AvgIpc) is 2.38. The summed E-state index contributed by atoms with van der Waals surface area (Å²) in [4.78, 5) is 9.10. The molecule has 2 rings (SSSR count). The van der Waals surface area contributed by atoms with Crippen LogP contribution in [0.2, 0.25) is 0 Å². The molecule has 1 aromatic heterocycles. The van der Waals surface area contributed by atoms with Crippen molar-refractivity contribution in [3.63, 3.8) is 0 Å². The smallest absolute Gasteiger partial charge is 0.131 e.